The van der Waals surface area contributed by atoms with Crippen molar-refractivity contribution in [3.8, 4) is 0 Å². The Balaban J connectivity index is 3.25. The Morgan fingerprint density at radius 1 is 1.50 bits per heavy atom. The number of non-ortho nitro benzene ring substituents is 1. The minimum Gasteiger partial charge on any atom is -0.480 e. The summed E-state index contributed by atoms with van der Waals surface area (Å²) in [6, 6.07) is 0.896. The maximum atomic E-state index is 12.8. The molecule has 2 N–H and O–H groups in total. The monoisotopic (exact) mass is 292 g/mol. The summed E-state index contributed by atoms with van der Waals surface area (Å²) in [6.45, 7) is 1.49. The number of halogens is 3. The van der Waals surface area contributed by atoms with E-state index in [4.69, 9.17) is 5.11 Å². The van der Waals surface area contributed by atoms with E-state index in [1.807, 2.05) is 0 Å². The van der Waals surface area contributed by atoms with Crippen molar-refractivity contribution < 1.29 is 28.0 Å². The molecule has 0 bridgehead atoms. The quantitative estimate of drug-likeness (QED) is 0.643. The summed E-state index contributed by atoms with van der Waals surface area (Å²) in [6.07, 6.45) is -4.77. The first kappa shape index (κ1) is 15.7. The zero-order valence-electron chi connectivity index (χ0n) is 10.3. The van der Waals surface area contributed by atoms with Crippen molar-refractivity contribution in [2.75, 3.05) is 5.32 Å². The molecule has 0 saturated heterocycles. The first-order valence-electron chi connectivity index (χ1n) is 5.51. The van der Waals surface area contributed by atoms with Gasteiger partial charge < -0.3 is 10.4 Å². The molecular formula is C11H11F3N2O4. The third kappa shape index (κ3) is 3.59. The Bertz CT molecular complexity index is 531. The topological polar surface area (TPSA) is 92.5 Å². The second-order valence-electron chi connectivity index (χ2n) is 3.93. The number of nitrogens with one attached hydrogen (secondary N) is 1. The van der Waals surface area contributed by atoms with Crippen molar-refractivity contribution in [3.05, 3.63) is 33.9 Å². The molecule has 9 heteroatoms. The smallest absolute Gasteiger partial charge is 0.418 e. The van der Waals surface area contributed by atoms with E-state index in [0.29, 0.717) is 6.07 Å². The maximum Gasteiger partial charge on any atom is 0.418 e. The Morgan fingerprint density at radius 2 is 2.10 bits per heavy atom. The SMILES string of the molecule is CCC(Nc1ccc([N+](=O)[O-])cc1C(F)(F)F)C(=O)O. The van der Waals surface area contributed by atoms with E-state index >= 15 is 0 Å². The van der Waals surface area contributed by atoms with Crippen LogP contribution in [0.4, 0.5) is 24.5 Å². The molecule has 0 heterocycles. The lowest BCUT2D eigenvalue weighted by atomic mass is 10.1. The zero-order valence-corrected chi connectivity index (χ0v) is 10.3. The van der Waals surface area contributed by atoms with Crippen molar-refractivity contribution in [1.29, 1.82) is 0 Å². The number of carbonyl (C=O) groups is 1. The number of hydrogen-bond donors (Lipinski definition) is 2. The predicted molar refractivity (Wildman–Crippen MR) is 63.4 cm³/mol. The second kappa shape index (κ2) is 5.76. The average molecular weight is 292 g/mol. The van der Waals surface area contributed by atoms with E-state index in [1.54, 1.807) is 0 Å². The number of benzene rings is 1. The van der Waals surface area contributed by atoms with Crippen LogP contribution < -0.4 is 5.32 Å². The molecule has 0 radical (unpaired) electrons. The normalized spacial score (nSPS) is 12.8. The third-order valence-corrected chi connectivity index (χ3v) is 2.56. The van der Waals surface area contributed by atoms with E-state index in [-0.39, 0.29) is 6.42 Å². The molecule has 110 valence electrons. The van der Waals surface area contributed by atoms with Gasteiger partial charge in [0.1, 0.15) is 6.04 Å². The van der Waals surface area contributed by atoms with Crippen LogP contribution >= 0.6 is 0 Å². The van der Waals surface area contributed by atoms with Gasteiger partial charge in [0.05, 0.1) is 10.5 Å². The number of alkyl halides is 3. The average Bonchev–Trinajstić information content (AvgIpc) is 2.34. The Kier molecular flexibility index (Phi) is 4.53. The molecule has 20 heavy (non-hydrogen) atoms. The lowest BCUT2D eigenvalue weighted by molar-refractivity contribution is -0.385. The number of nitro groups is 1. The van der Waals surface area contributed by atoms with Gasteiger partial charge in [0, 0.05) is 17.8 Å². The van der Waals surface area contributed by atoms with Crippen LogP contribution in [0.1, 0.15) is 18.9 Å². The first-order chi connectivity index (χ1) is 9.16. The summed E-state index contributed by atoms with van der Waals surface area (Å²) < 4.78 is 38.5. The van der Waals surface area contributed by atoms with Crippen molar-refractivity contribution in [1.82, 2.24) is 0 Å². The van der Waals surface area contributed by atoms with Crippen LogP contribution in [0.2, 0.25) is 0 Å². The summed E-state index contributed by atoms with van der Waals surface area (Å²) in [7, 11) is 0. The molecule has 1 aromatic rings. The third-order valence-electron chi connectivity index (χ3n) is 2.56. The van der Waals surface area contributed by atoms with Gasteiger partial charge in [-0.2, -0.15) is 13.2 Å². The Hall–Kier alpha value is -2.32. The number of carboxylic acids is 1. The number of hydrogen-bond acceptors (Lipinski definition) is 4. The number of carboxylic acid groups (broad SMARTS) is 1. The van der Waals surface area contributed by atoms with Crippen molar-refractivity contribution in [3.63, 3.8) is 0 Å². The van der Waals surface area contributed by atoms with E-state index in [2.05, 4.69) is 5.32 Å². The minimum absolute atomic E-state index is 0.0591. The first-order valence-corrected chi connectivity index (χ1v) is 5.51. The lowest BCUT2D eigenvalue weighted by Gasteiger charge is -2.18. The summed E-state index contributed by atoms with van der Waals surface area (Å²) in [5.41, 5.74) is -2.49. The highest BCUT2D eigenvalue weighted by atomic mass is 19.4. The number of nitrogens with zero attached hydrogens (tertiary/aromatic N) is 1. The Labute approximate surface area is 111 Å². The molecule has 0 saturated carbocycles. The van der Waals surface area contributed by atoms with Crippen LogP contribution in [-0.2, 0) is 11.0 Å². The van der Waals surface area contributed by atoms with Gasteiger partial charge in [-0.1, -0.05) is 6.92 Å². The highest BCUT2D eigenvalue weighted by Gasteiger charge is 2.36. The summed E-state index contributed by atoms with van der Waals surface area (Å²) in [4.78, 5) is 20.4. The summed E-state index contributed by atoms with van der Waals surface area (Å²) in [5, 5.41) is 21.5. The maximum absolute atomic E-state index is 12.8. The van der Waals surface area contributed by atoms with E-state index in [1.165, 1.54) is 6.92 Å². The number of nitro benzene ring substituents is 1. The summed E-state index contributed by atoms with van der Waals surface area (Å²) >= 11 is 0. The van der Waals surface area contributed by atoms with Crippen LogP contribution in [0.5, 0.6) is 0 Å². The van der Waals surface area contributed by atoms with Gasteiger partial charge in [0.2, 0.25) is 0 Å². The fourth-order valence-electron chi connectivity index (χ4n) is 1.53. The Morgan fingerprint density at radius 3 is 2.50 bits per heavy atom. The standard InChI is InChI=1S/C11H11F3N2O4/c1-2-8(10(17)18)15-9-4-3-6(16(19)20)5-7(9)11(12,13)14/h3-5,8,15H,2H2,1H3,(H,17,18). The zero-order chi connectivity index (χ0) is 15.5. The van der Waals surface area contributed by atoms with Crippen molar-refractivity contribution in [2.24, 2.45) is 0 Å². The largest absolute Gasteiger partial charge is 0.480 e. The predicted octanol–water partition coefficient (Wildman–Crippen LogP) is 2.89. The molecule has 0 aliphatic rings. The number of anilines is 1. The molecule has 6 nitrogen and oxygen atoms in total. The highest BCUT2D eigenvalue weighted by Crippen LogP contribution is 2.37. The van der Waals surface area contributed by atoms with E-state index < -0.39 is 40.0 Å². The van der Waals surface area contributed by atoms with Gasteiger partial charge >= 0.3 is 12.1 Å². The number of aliphatic carboxylic acids is 1. The van der Waals surface area contributed by atoms with Gasteiger partial charge in [0.25, 0.3) is 5.69 Å². The van der Waals surface area contributed by atoms with E-state index in [9.17, 15) is 28.1 Å². The highest BCUT2D eigenvalue weighted by molar-refractivity contribution is 5.78. The van der Waals surface area contributed by atoms with Crippen LogP contribution in [0.25, 0.3) is 0 Å². The molecule has 1 rings (SSSR count). The van der Waals surface area contributed by atoms with Gasteiger partial charge in [-0.25, -0.2) is 4.79 Å². The lowest BCUT2D eigenvalue weighted by Crippen LogP contribution is -2.29. The van der Waals surface area contributed by atoms with Gasteiger partial charge in [0.15, 0.2) is 0 Å². The molecule has 1 unspecified atom stereocenters. The van der Waals surface area contributed by atoms with Crippen LogP contribution in [0.3, 0.4) is 0 Å². The molecule has 0 aliphatic heterocycles. The van der Waals surface area contributed by atoms with Gasteiger partial charge in [-0.3, -0.25) is 10.1 Å². The molecule has 0 spiro atoms. The number of rotatable bonds is 5. The molecule has 1 atom stereocenters. The van der Waals surface area contributed by atoms with Crippen LogP contribution in [-0.4, -0.2) is 22.0 Å². The summed E-state index contributed by atoms with van der Waals surface area (Å²) in [5.74, 6) is -1.31. The molecule has 1 aromatic carbocycles. The second-order valence-corrected chi connectivity index (χ2v) is 3.93. The van der Waals surface area contributed by atoms with Crippen LogP contribution in [0, 0.1) is 10.1 Å². The molecular weight excluding hydrogens is 281 g/mol. The minimum atomic E-state index is -4.83. The molecule has 0 amide bonds. The van der Waals surface area contributed by atoms with Crippen molar-refractivity contribution >= 4 is 17.3 Å². The van der Waals surface area contributed by atoms with Gasteiger partial charge in [-0.15, -0.1) is 0 Å². The van der Waals surface area contributed by atoms with Gasteiger partial charge in [-0.05, 0) is 12.5 Å². The molecule has 0 fully saturated rings. The molecule has 0 aromatic heterocycles. The van der Waals surface area contributed by atoms with Crippen molar-refractivity contribution in [2.45, 2.75) is 25.6 Å². The van der Waals surface area contributed by atoms with Crippen LogP contribution in [0.15, 0.2) is 18.2 Å². The molecule has 0 aliphatic carbocycles. The van der Waals surface area contributed by atoms with E-state index in [0.717, 1.165) is 12.1 Å². The fraction of sp³-hybridized carbons (Fsp3) is 0.364. The fourth-order valence-corrected chi connectivity index (χ4v) is 1.53.